The molecule has 0 aliphatic heterocycles. The standard InChI is InChI=1S/C8H7N5O8/c14-10(15)7-3-1-6(2-4-7)9-5-8(11(16)17,12(18)19)13(20)21/h1-4,9H,5H2. The highest BCUT2D eigenvalue weighted by atomic mass is 16.7. The van der Waals surface area contributed by atoms with E-state index in [0.29, 0.717) is 0 Å². The molecule has 0 heterocycles. The first-order chi connectivity index (χ1) is 9.71. The van der Waals surface area contributed by atoms with E-state index in [2.05, 4.69) is 5.32 Å². The molecular formula is C8H7N5O8. The maximum atomic E-state index is 10.7. The topological polar surface area (TPSA) is 185 Å². The summed E-state index contributed by atoms with van der Waals surface area (Å²) in [6.45, 7) is -1.22. The van der Waals surface area contributed by atoms with E-state index in [1.807, 2.05) is 0 Å². The Morgan fingerprint density at radius 1 is 0.857 bits per heavy atom. The largest absolute Gasteiger partial charge is 0.717 e. The van der Waals surface area contributed by atoms with Gasteiger partial charge in [-0.05, 0) is 12.1 Å². The summed E-state index contributed by atoms with van der Waals surface area (Å²) in [5, 5.41) is 44.5. The molecule has 1 rings (SSSR count). The fourth-order valence-corrected chi connectivity index (χ4v) is 1.32. The van der Waals surface area contributed by atoms with Crippen LogP contribution in [0.5, 0.6) is 0 Å². The van der Waals surface area contributed by atoms with Gasteiger partial charge in [-0.2, -0.15) is 0 Å². The van der Waals surface area contributed by atoms with Gasteiger partial charge >= 0.3 is 5.79 Å². The quantitative estimate of drug-likeness (QED) is 0.424. The monoisotopic (exact) mass is 301 g/mol. The summed E-state index contributed by atoms with van der Waals surface area (Å²) >= 11 is 0. The molecule has 0 bridgehead atoms. The third-order valence-electron chi connectivity index (χ3n) is 2.49. The Bertz CT molecular complexity index is 563. The molecule has 0 atom stereocenters. The van der Waals surface area contributed by atoms with E-state index in [9.17, 15) is 40.5 Å². The second-order valence-electron chi connectivity index (χ2n) is 3.70. The lowest BCUT2D eigenvalue weighted by atomic mass is 10.2. The number of nitrogens with zero attached hydrogens (tertiary/aromatic N) is 4. The summed E-state index contributed by atoms with van der Waals surface area (Å²) in [4.78, 5) is 36.8. The normalized spacial score (nSPS) is 10.7. The molecule has 0 radical (unpaired) electrons. The molecule has 1 aromatic carbocycles. The van der Waals surface area contributed by atoms with Crippen molar-refractivity contribution in [3.8, 4) is 0 Å². The minimum atomic E-state index is -3.64. The van der Waals surface area contributed by atoms with Crippen molar-refractivity contribution in [1.82, 2.24) is 0 Å². The molecule has 0 aliphatic rings. The second-order valence-corrected chi connectivity index (χ2v) is 3.70. The molecule has 0 spiro atoms. The minimum absolute atomic E-state index is 0.0236. The van der Waals surface area contributed by atoms with E-state index in [-0.39, 0.29) is 11.4 Å². The SMILES string of the molecule is O=[N+]([O-])c1ccc(NCC([N+](=O)[O-])([N+](=O)[O-])[N+](=O)[O-])cc1. The summed E-state index contributed by atoms with van der Waals surface area (Å²) in [6.07, 6.45) is 0. The van der Waals surface area contributed by atoms with Crippen LogP contribution in [-0.2, 0) is 0 Å². The zero-order chi connectivity index (χ0) is 16.2. The molecule has 0 fully saturated rings. The van der Waals surface area contributed by atoms with Crippen molar-refractivity contribution in [3.63, 3.8) is 0 Å². The molecule has 112 valence electrons. The lowest BCUT2D eigenvalue weighted by Crippen LogP contribution is -2.57. The molecule has 1 N–H and O–H groups in total. The fourth-order valence-electron chi connectivity index (χ4n) is 1.32. The van der Waals surface area contributed by atoms with E-state index >= 15 is 0 Å². The molecule has 0 saturated heterocycles. The molecule has 0 saturated carbocycles. The van der Waals surface area contributed by atoms with Gasteiger partial charge in [0.2, 0.25) is 6.54 Å². The van der Waals surface area contributed by atoms with Crippen molar-refractivity contribution in [2.75, 3.05) is 11.9 Å². The van der Waals surface area contributed by atoms with Gasteiger partial charge in [0.05, 0.1) is 4.92 Å². The highest BCUT2D eigenvalue weighted by Crippen LogP contribution is 2.18. The van der Waals surface area contributed by atoms with Gasteiger partial charge in [-0.1, -0.05) is 0 Å². The molecule has 0 amide bonds. The number of non-ortho nitro benzene ring substituents is 1. The van der Waals surface area contributed by atoms with Crippen LogP contribution in [0, 0.1) is 40.5 Å². The smallest absolute Gasteiger partial charge is 0.365 e. The molecular weight excluding hydrogens is 294 g/mol. The van der Waals surface area contributed by atoms with Crippen LogP contribution in [0.15, 0.2) is 24.3 Å². The van der Waals surface area contributed by atoms with Crippen LogP contribution in [0.4, 0.5) is 11.4 Å². The Kier molecular flexibility index (Phi) is 4.27. The fraction of sp³-hybridized carbons (Fsp3) is 0.250. The van der Waals surface area contributed by atoms with Gasteiger partial charge < -0.3 is 5.32 Å². The van der Waals surface area contributed by atoms with Crippen LogP contribution in [0.3, 0.4) is 0 Å². The van der Waals surface area contributed by atoms with Gasteiger partial charge in [-0.3, -0.25) is 40.5 Å². The van der Waals surface area contributed by atoms with Gasteiger partial charge in [0.1, 0.15) is 0 Å². The van der Waals surface area contributed by atoms with Gasteiger partial charge in [-0.25, -0.2) is 0 Å². The first-order valence-electron chi connectivity index (χ1n) is 5.13. The average Bonchev–Trinajstić information content (AvgIpc) is 2.38. The predicted molar refractivity (Wildman–Crippen MR) is 65.3 cm³/mol. The minimum Gasteiger partial charge on any atom is -0.365 e. The number of nitro benzene ring substituents is 1. The zero-order valence-electron chi connectivity index (χ0n) is 10.1. The van der Waals surface area contributed by atoms with Gasteiger partial charge in [0.25, 0.3) is 5.69 Å². The van der Waals surface area contributed by atoms with Crippen LogP contribution in [0.25, 0.3) is 0 Å². The van der Waals surface area contributed by atoms with Gasteiger partial charge in [-0.15, -0.1) is 0 Å². The summed E-state index contributed by atoms with van der Waals surface area (Å²) in [5.74, 6) is -3.64. The third kappa shape index (κ3) is 2.96. The number of hydrogen-bond donors (Lipinski definition) is 1. The van der Waals surface area contributed by atoms with Crippen molar-refractivity contribution in [3.05, 3.63) is 64.7 Å². The van der Waals surface area contributed by atoms with Crippen LogP contribution >= 0.6 is 0 Å². The van der Waals surface area contributed by atoms with E-state index in [4.69, 9.17) is 0 Å². The number of benzene rings is 1. The van der Waals surface area contributed by atoms with Gasteiger partial charge in [0.15, 0.2) is 14.8 Å². The van der Waals surface area contributed by atoms with Crippen LogP contribution < -0.4 is 5.32 Å². The summed E-state index contributed by atoms with van der Waals surface area (Å²) in [5.41, 5.74) is -0.250. The lowest BCUT2D eigenvalue weighted by molar-refractivity contribution is -0.965. The van der Waals surface area contributed by atoms with E-state index in [1.54, 1.807) is 0 Å². The van der Waals surface area contributed by atoms with Gasteiger partial charge in [0, 0.05) is 17.8 Å². The lowest BCUT2D eigenvalue weighted by Gasteiger charge is -2.10. The van der Waals surface area contributed by atoms with Crippen molar-refractivity contribution in [2.24, 2.45) is 0 Å². The molecule has 13 heteroatoms. The highest BCUT2D eigenvalue weighted by Gasteiger charge is 2.70. The summed E-state index contributed by atoms with van der Waals surface area (Å²) in [7, 11) is 0. The maximum Gasteiger partial charge on any atom is 0.717 e. The van der Waals surface area contributed by atoms with Crippen molar-refractivity contribution < 1.29 is 19.7 Å². The van der Waals surface area contributed by atoms with Crippen LogP contribution in [0.2, 0.25) is 0 Å². The van der Waals surface area contributed by atoms with Crippen molar-refractivity contribution in [1.29, 1.82) is 0 Å². The Morgan fingerprint density at radius 3 is 1.62 bits per heavy atom. The number of nitrogens with one attached hydrogen (secondary N) is 1. The number of rotatable bonds is 7. The molecule has 13 nitrogen and oxygen atoms in total. The Labute approximate surface area is 114 Å². The predicted octanol–water partition coefficient (Wildman–Crippen LogP) is 0.491. The van der Waals surface area contributed by atoms with Crippen molar-refractivity contribution >= 4 is 11.4 Å². The van der Waals surface area contributed by atoms with Crippen LogP contribution in [-0.4, -0.2) is 32.0 Å². The van der Waals surface area contributed by atoms with E-state index in [1.165, 1.54) is 0 Å². The Balaban J connectivity index is 2.97. The Morgan fingerprint density at radius 2 is 1.29 bits per heavy atom. The Hall–Kier alpha value is -3.38. The first kappa shape index (κ1) is 15.7. The third-order valence-corrected chi connectivity index (χ3v) is 2.49. The number of hydrogen-bond acceptors (Lipinski definition) is 9. The average molecular weight is 301 g/mol. The van der Waals surface area contributed by atoms with E-state index in [0.717, 1.165) is 24.3 Å². The number of nitro groups is 4. The summed E-state index contributed by atoms with van der Waals surface area (Å²) < 4.78 is 0. The highest BCUT2D eigenvalue weighted by molar-refractivity contribution is 5.48. The molecule has 1 aromatic rings. The van der Waals surface area contributed by atoms with Crippen molar-refractivity contribution in [2.45, 2.75) is 5.79 Å². The zero-order valence-corrected chi connectivity index (χ0v) is 10.1. The summed E-state index contributed by atoms with van der Waals surface area (Å²) in [6, 6.07) is 4.30. The molecule has 21 heavy (non-hydrogen) atoms. The number of anilines is 1. The first-order valence-corrected chi connectivity index (χ1v) is 5.13. The van der Waals surface area contributed by atoms with E-state index < -0.39 is 32.0 Å². The molecule has 0 aromatic heterocycles. The molecule has 0 unspecified atom stereocenters. The van der Waals surface area contributed by atoms with Crippen LogP contribution in [0.1, 0.15) is 0 Å². The maximum absolute atomic E-state index is 10.7. The second kappa shape index (κ2) is 5.72. The molecule has 0 aliphatic carbocycles.